The zero-order chi connectivity index (χ0) is 12.6. The highest BCUT2D eigenvalue weighted by atomic mass is 79.9. The molecular weight excluding hydrogens is 296 g/mol. The number of aryl methyl sites for hydroxylation is 1. The predicted octanol–water partition coefficient (Wildman–Crippen LogP) is 2.05. The maximum absolute atomic E-state index is 13.0. The number of alkyl halides is 2. The minimum atomic E-state index is -2.64. The van der Waals surface area contributed by atoms with E-state index >= 15 is 0 Å². The molecule has 0 aromatic carbocycles. The molecule has 17 heavy (non-hydrogen) atoms. The molecule has 1 aromatic heterocycles. The zero-order valence-electron chi connectivity index (χ0n) is 9.29. The zero-order valence-corrected chi connectivity index (χ0v) is 10.9. The van der Waals surface area contributed by atoms with Gasteiger partial charge in [-0.2, -0.15) is 5.10 Å². The molecule has 0 spiro atoms. The van der Waals surface area contributed by atoms with Gasteiger partial charge in [0.25, 0.3) is 11.8 Å². The Morgan fingerprint density at radius 2 is 2.06 bits per heavy atom. The van der Waals surface area contributed by atoms with E-state index in [1.807, 2.05) is 0 Å². The summed E-state index contributed by atoms with van der Waals surface area (Å²) in [4.78, 5) is 13.4. The van der Waals surface area contributed by atoms with Crippen LogP contribution in [0.25, 0.3) is 0 Å². The van der Waals surface area contributed by atoms with Crippen LogP contribution in [-0.2, 0) is 7.05 Å². The molecule has 2 heterocycles. The Labute approximate surface area is 106 Å². The number of carbonyl (C=O) groups excluding carboxylic acids is 1. The minimum absolute atomic E-state index is 0.0782. The Hall–Kier alpha value is -0.980. The van der Waals surface area contributed by atoms with Crippen LogP contribution < -0.4 is 0 Å². The Morgan fingerprint density at radius 1 is 1.47 bits per heavy atom. The second kappa shape index (κ2) is 4.36. The first kappa shape index (κ1) is 12.5. The smallest absolute Gasteiger partial charge is 0.275 e. The fourth-order valence-corrected chi connectivity index (χ4v) is 2.34. The summed E-state index contributed by atoms with van der Waals surface area (Å²) in [7, 11) is 1.70. The molecule has 0 atom stereocenters. The van der Waals surface area contributed by atoms with Crippen molar-refractivity contribution in [2.45, 2.75) is 18.8 Å². The van der Waals surface area contributed by atoms with E-state index < -0.39 is 5.92 Å². The van der Waals surface area contributed by atoms with Crippen LogP contribution in [0.5, 0.6) is 0 Å². The van der Waals surface area contributed by atoms with Crippen molar-refractivity contribution >= 4 is 21.8 Å². The molecule has 1 aromatic rings. The van der Waals surface area contributed by atoms with Gasteiger partial charge in [0.05, 0.1) is 4.47 Å². The van der Waals surface area contributed by atoms with Gasteiger partial charge in [-0.15, -0.1) is 0 Å². The first-order valence-corrected chi connectivity index (χ1v) is 6.04. The van der Waals surface area contributed by atoms with Gasteiger partial charge in [-0.05, 0) is 15.9 Å². The number of rotatable bonds is 1. The fraction of sp³-hybridized carbons (Fsp3) is 0.600. The van der Waals surface area contributed by atoms with Gasteiger partial charge in [0.15, 0.2) is 5.69 Å². The lowest BCUT2D eigenvalue weighted by Crippen LogP contribution is -2.43. The van der Waals surface area contributed by atoms with Crippen molar-refractivity contribution in [3.8, 4) is 0 Å². The molecule has 1 amide bonds. The van der Waals surface area contributed by atoms with Crippen LogP contribution in [0.1, 0.15) is 23.3 Å². The highest BCUT2D eigenvalue weighted by Gasteiger charge is 2.36. The quantitative estimate of drug-likeness (QED) is 0.796. The Bertz CT molecular complexity index is 437. The summed E-state index contributed by atoms with van der Waals surface area (Å²) in [6.45, 7) is 0.156. The van der Waals surface area contributed by atoms with Crippen molar-refractivity contribution in [3.05, 3.63) is 16.4 Å². The number of aromatic nitrogens is 2. The molecule has 0 N–H and O–H groups in total. The average Bonchev–Trinajstić information content (AvgIpc) is 2.57. The van der Waals surface area contributed by atoms with E-state index in [-0.39, 0.29) is 37.5 Å². The Balaban J connectivity index is 2.09. The summed E-state index contributed by atoms with van der Waals surface area (Å²) in [6.07, 6.45) is 1.11. The maximum Gasteiger partial charge on any atom is 0.275 e. The largest absolute Gasteiger partial charge is 0.337 e. The second-order valence-electron chi connectivity index (χ2n) is 4.15. The lowest BCUT2D eigenvalue weighted by Gasteiger charge is -2.31. The number of likely N-dealkylation sites (tertiary alicyclic amines) is 1. The summed E-state index contributed by atoms with van der Waals surface area (Å²) in [5.41, 5.74) is 0.276. The van der Waals surface area contributed by atoms with Gasteiger partial charge >= 0.3 is 0 Å². The van der Waals surface area contributed by atoms with E-state index in [9.17, 15) is 13.6 Å². The van der Waals surface area contributed by atoms with Gasteiger partial charge in [0.1, 0.15) is 0 Å². The third-order valence-electron chi connectivity index (χ3n) is 2.77. The maximum atomic E-state index is 13.0. The molecule has 4 nitrogen and oxygen atoms in total. The van der Waals surface area contributed by atoms with Crippen LogP contribution >= 0.6 is 15.9 Å². The van der Waals surface area contributed by atoms with Crippen molar-refractivity contribution in [1.82, 2.24) is 14.7 Å². The number of hydrogen-bond acceptors (Lipinski definition) is 2. The number of carbonyl (C=O) groups is 1. The van der Waals surface area contributed by atoms with E-state index in [0.717, 1.165) is 0 Å². The molecule has 0 radical (unpaired) electrons. The number of hydrogen-bond donors (Lipinski definition) is 0. The highest BCUT2D eigenvalue weighted by Crippen LogP contribution is 2.28. The number of amides is 1. The summed E-state index contributed by atoms with van der Waals surface area (Å²) in [6, 6.07) is 0. The van der Waals surface area contributed by atoms with E-state index in [1.54, 1.807) is 13.2 Å². The van der Waals surface area contributed by atoms with Gasteiger partial charge in [-0.1, -0.05) is 0 Å². The SMILES string of the molecule is Cn1cc(Br)c(C(=O)N2CCC(F)(F)CC2)n1. The van der Waals surface area contributed by atoms with Crippen molar-refractivity contribution in [3.63, 3.8) is 0 Å². The van der Waals surface area contributed by atoms with Crippen LogP contribution in [-0.4, -0.2) is 39.6 Å². The number of halogens is 3. The molecule has 1 saturated heterocycles. The van der Waals surface area contributed by atoms with Gasteiger partial charge in [-0.3, -0.25) is 9.48 Å². The predicted molar refractivity (Wildman–Crippen MR) is 61.0 cm³/mol. The molecule has 94 valence electrons. The lowest BCUT2D eigenvalue weighted by molar-refractivity contribution is -0.0495. The van der Waals surface area contributed by atoms with E-state index in [2.05, 4.69) is 21.0 Å². The van der Waals surface area contributed by atoms with Crippen LogP contribution in [0.2, 0.25) is 0 Å². The van der Waals surface area contributed by atoms with Crippen molar-refractivity contribution in [1.29, 1.82) is 0 Å². The molecular formula is C10H12BrF2N3O. The normalized spacial score (nSPS) is 19.4. The first-order valence-electron chi connectivity index (χ1n) is 5.25. The van der Waals surface area contributed by atoms with E-state index in [0.29, 0.717) is 4.47 Å². The third-order valence-corrected chi connectivity index (χ3v) is 3.35. The Morgan fingerprint density at radius 3 is 2.53 bits per heavy atom. The molecule has 1 aliphatic rings. The van der Waals surface area contributed by atoms with E-state index in [4.69, 9.17) is 0 Å². The second-order valence-corrected chi connectivity index (χ2v) is 5.00. The molecule has 2 rings (SSSR count). The summed E-state index contributed by atoms with van der Waals surface area (Å²) < 4.78 is 28.0. The molecule has 0 saturated carbocycles. The number of piperidine rings is 1. The van der Waals surface area contributed by atoms with Crippen molar-refractivity contribution < 1.29 is 13.6 Å². The average molecular weight is 308 g/mol. The summed E-state index contributed by atoms with van der Waals surface area (Å²) in [5, 5.41) is 4.01. The van der Waals surface area contributed by atoms with Gasteiger partial charge < -0.3 is 4.90 Å². The van der Waals surface area contributed by atoms with Gasteiger partial charge in [0, 0.05) is 39.2 Å². The molecule has 0 unspecified atom stereocenters. The molecule has 1 aliphatic heterocycles. The lowest BCUT2D eigenvalue weighted by atomic mass is 10.1. The topological polar surface area (TPSA) is 38.1 Å². The Kier molecular flexibility index (Phi) is 3.20. The van der Waals surface area contributed by atoms with E-state index in [1.165, 1.54) is 9.58 Å². The highest BCUT2D eigenvalue weighted by molar-refractivity contribution is 9.10. The summed E-state index contributed by atoms with van der Waals surface area (Å²) in [5.74, 6) is -2.94. The fourth-order valence-electron chi connectivity index (χ4n) is 1.79. The molecule has 0 aliphatic carbocycles. The molecule has 1 fully saturated rings. The van der Waals surface area contributed by atoms with Crippen molar-refractivity contribution in [2.24, 2.45) is 7.05 Å². The standard InChI is InChI=1S/C10H12BrF2N3O/c1-15-6-7(11)8(14-15)9(17)16-4-2-10(12,13)3-5-16/h6H,2-5H2,1H3. The van der Waals surface area contributed by atoms with Gasteiger partial charge in [0.2, 0.25) is 0 Å². The van der Waals surface area contributed by atoms with Gasteiger partial charge in [-0.25, -0.2) is 8.78 Å². The first-order chi connectivity index (χ1) is 7.89. The van der Waals surface area contributed by atoms with Crippen LogP contribution in [0.3, 0.4) is 0 Å². The monoisotopic (exact) mass is 307 g/mol. The van der Waals surface area contributed by atoms with Crippen LogP contribution in [0.15, 0.2) is 10.7 Å². The molecule has 0 bridgehead atoms. The van der Waals surface area contributed by atoms with Crippen LogP contribution in [0, 0.1) is 0 Å². The third kappa shape index (κ3) is 2.65. The van der Waals surface area contributed by atoms with Crippen LogP contribution in [0.4, 0.5) is 8.78 Å². The number of nitrogens with zero attached hydrogens (tertiary/aromatic N) is 3. The minimum Gasteiger partial charge on any atom is -0.337 e. The molecule has 7 heteroatoms. The van der Waals surface area contributed by atoms with Crippen molar-refractivity contribution in [2.75, 3.05) is 13.1 Å². The summed E-state index contributed by atoms with van der Waals surface area (Å²) >= 11 is 3.23.